The number of hydrogen-bond acceptors (Lipinski definition) is 4. The predicted octanol–water partition coefficient (Wildman–Crippen LogP) is 3.69. The number of likely N-dealkylation sites (tertiary alicyclic amines) is 1. The number of benzene rings is 1. The van der Waals surface area contributed by atoms with Crippen LogP contribution in [0.1, 0.15) is 32.1 Å². The molecule has 122 valence electrons. The molecule has 1 fully saturated rings. The molecule has 0 radical (unpaired) electrons. The minimum Gasteiger partial charge on any atom is -0.343 e. The molecule has 2 aromatic rings. The van der Waals surface area contributed by atoms with Crippen LogP contribution in [0.4, 0.5) is 0 Å². The third-order valence-electron chi connectivity index (χ3n) is 4.26. The third-order valence-corrected chi connectivity index (χ3v) is 4.79. The molecule has 6 heteroatoms. The second kappa shape index (κ2) is 7.25. The van der Waals surface area contributed by atoms with Crippen LogP contribution in [0, 0.1) is 5.92 Å². The molecule has 1 amide bonds. The highest BCUT2D eigenvalue weighted by Gasteiger charge is 2.20. The lowest BCUT2D eigenvalue weighted by Gasteiger charge is -2.30. The third kappa shape index (κ3) is 4.19. The normalized spacial score (nSPS) is 15.8. The van der Waals surface area contributed by atoms with Crippen molar-refractivity contribution in [2.24, 2.45) is 5.92 Å². The first-order valence-electron chi connectivity index (χ1n) is 7.98. The first-order valence-corrected chi connectivity index (χ1v) is 8.77. The van der Waals surface area contributed by atoms with Gasteiger partial charge in [0.05, 0.1) is 0 Å². The Morgan fingerprint density at radius 2 is 2.00 bits per heavy atom. The van der Waals surface area contributed by atoms with Crippen molar-refractivity contribution in [3.63, 3.8) is 0 Å². The molecule has 1 saturated heterocycles. The zero-order valence-corrected chi connectivity index (χ0v) is 14.8. The second-order valence-corrected chi connectivity index (χ2v) is 7.00. The van der Waals surface area contributed by atoms with E-state index >= 15 is 0 Å². The van der Waals surface area contributed by atoms with E-state index in [0.717, 1.165) is 41.9 Å². The van der Waals surface area contributed by atoms with Gasteiger partial charge in [-0.05, 0) is 43.0 Å². The van der Waals surface area contributed by atoms with Crippen molar-refractivity contribution in [2.45, 2.75) is 32.6 Å². The molecule has 23 heavy (non-hydrogen) atoms. The van der Waals surface area contributed by atoms with Crippen molar-refractivity contribution in [3.8, 4) is 11.4 Å². The van der Waals surface area contributed by atoms with Crippen LogP contribution in [0.2, 0.25) is 0 Å². The van der Waals surface area contributed by atoms with E-state index in [1.54, 1.807) is 0 Å². The summed E-state index contributed by atoms with van der Waals surface area (Å²) in [6.45, 7) is 3.98. The number of amides is 1. The average Bonchev–Trinajstić information content (AvgIpc) is 3.03. The topological polar surface area (TPSA) is 59.2 Å². The van der Waals surface area contributed by atoms with Crippen LogP contribution >= 0.6 is 15.9 Å². The highest BCUT2D eigenvalue weighted by atomic mass is 79.9. The summed E-state index contributed by atoms with van der Waals surface area (Å²) in [5, 5.41) is 3.99. The zero-order chi connectivity index (χ0) is 16.2. The van der Waals surface area contributed by atoms with Crippen LogP contribution in [0.25, 0.3) is 11.4 Å². The van der Waals surface area contributed by atoms with E-state index < -0.39 is 0 Å². The van der Waals surface area contributed by atoms with Crippen LogP contribution in [0.3, 0.4) is 0 Å². The van der Waals surface area contributed by atoms with Gasteiger partial charge in [0.2, 0.25) is 17.6 Å². The number of piperidine rings is 1. The van der Waals surface area contributed by atoms with E-state index in [4.69, 9.17) is 4.52 Å². The number of nitrogens with zero attached hydrogens (tertiary/aromatic N) is 3. The van der Waals surface area contributed by atoms with Crippen LogP contribution in [-0.2, 0) is 11.2 Å². The van der Waals surface area contributed by atoms with Crippen LogP contribution in [-0.4, -0.2) is 34.0 Å². The Morgan fingerprint density at radius 1 is 1.30 bits per heavy atom. The average molecular weight is 378 g/mol. The molecule has 0 spiro atoms. The Bertz CT molecular complexity index is 661. The Kier molecular flexibility index (Phi) is 5.10. The van der Waals surface area contributed by atoms with Gasteiger partial charge in [0.15, 0.2) is 0 Å². The molecule has 1 aliphatic heterocycles. The number of rotatable bonds is 4. The van der Waals surface area contributed by atoms with Gasteiger partial charge >= 0.3 is 0 Å². The van der Waals surface area contributed by atoms with E-state index in [1.165, 1.54) is 0 Å². The quantitative estimate of drug-likeness (QED) is 0.814. The SMILES string of the molecule is CC1CCN(C(=O)CCc2nc(-c3ccc(Br)cc3)no2)CC1. The summed E-state index contributed by atoms with van der Waals surface area (Å²) in [6.07, 6.45) is 3.12. The van der Waals surface area contributed by atoms with E-state index in [-0.39, 0.29) is 5.91 Å². The molecule has 2 heterocycles. The van der Waals surface area contributed by atoms with Crippen molar-refractivity contribution < 1.29 is 9.32 Å². The fraction of sp³-hybridized carbons (Fsp3) is 0.471. The van der Waals surface area contributed by atoms with E-state index in [0.29, 0.717) is 24.6 Å². The summed E-state index contributed by atoms with van der Waals surface area (Å²) in [5.74, 6) is 1.98. The molecule has 0 aliphatic carbocycles. The highest BCUT2D eigenvalue weighted by Crippen LogP contribution is 2.20. The molecular weight excluding hydrogens is 358 g/mol. The Morgan fingerprint density at radius 3 is 2.70 bits per heavy atom. The Labute approximate surface area is 144 Å². The molecular formula is C17H20BrN3O2. The maximum absolute atomic E-state index is 12.2. The number of hydrogen-bond donors (Lipinski definition) is 0. The summed E-state index contributed by atoms with van der Waals surface area (Å²) in [7, 11) is 0. The van der Waals surface area contributed by atoms with Crippen molar-refractivity contribution in [1.29, 1.82) is 0 Å². The van der Waals surface area contributed by atoms with Crippen LogP contribution in [0.5, 0.6) is 0 Å². The smallest absolute Gasteiger partial charge is 0.227 e. The fourth-order valence-corrected chi connectivity index (χ4v) is 2.97. The predicted molar refractivity (Wildman–Crippen MR) is 90.7 cm³/mol. The van der Waals surface area contributed by atoms with Gasteiger partial charge in [-0.3, -0.25) is 4.79 Å². The lowest BCUT2D eigenvalue weighted by molar-refractivity contribution is -0.132. The number of carbonyl (C=O) groups excluding carboxylic acids is 1. The lowest BCUT2D eigenvalue weighted by Crippen LogP contribution is -2.38. The first-order chi connectivity index (χ1) is 11.1. The Balaban J connectivity index is 1.55. The van der Waals surface area contributed by atoms with Gasteiger partial charge in [-0.1, -0.05) is 28.0 Å². The molecule has 5 nitrogen and oxygen atoms in total. The van der Waals surface area contributed by atoms with Gasteiger partial charge in [0.1, 0.15) is 0 Å². The molecule has 0 atom stereocenters. The molecule has 1 aliphatic rings. The van der Waals surface area contributed by atoms with Gasteiger partial charge in [0, 0.05) is 36.0 Å². The maximum Gasteiger partial charge on any atom is 0.227 e. The number of halogens is 1. The summed E-state index contributed by atoms with van der Waals surface area (Å²) in [4.78, 5) is 18.5. The minimum absolute atomic E-state index is 0.181. The molecule has 0 saturated carbocycles. The van der Waals surface area contributed by atoms with Crippen molar-refractivity contribution >= 4 is 21.8 Å². The van der Waals surface area contributed by atoms with Gasteiger partial charge in [-0.15, -0.1) is 0 Å². The van der Waals surface area contributed by atoms with Crippen molar-refractivity contribution in [1.82, 2.24) is 15.0 Å². The van der Waals surface area contributed by atoms with E-state index in [1.807, 2.05) is 29.2 Å². The largest absolute Gasteiger partial charge is 0.343 e. The number of carbonyl (C=O) groups is 1. The van der Waals surface area contributed by atoms with Crippen LogP contribution < -0.4 is 0 Å². The minimum atomic E-state index is 0.181. The van der Waals surface area contributed by atoms with Gasteiger partial charge in [-0.2, -0.15) is 4.98 Å². The van der Waals surface area contributed by atoms with Gasteiger partial charge in [0.25, 0.3) is 0 Å². The Hall–Kier alpha value is -1.69. The van der Waals surface area contributed by atoms with Crippen LogP contribution in [0.15, 0.2) is 33.3 Å². The molecule has 0 N–H and O–H groups in total. The summed E-state index contributed by atoms with van der Waals surface area (Å²) in [5.41, 5.74) is 0.902. The molecule has 3 rings (SSSR count). The monoisotopic (exact) mass is 377 g/mol. The zero-order valence-electron chi connectivity index (χ0n) is 13.2. The molecule has 1 aromatic heterocycles. The summed E-state index contributed by atoms with van der Waals surface area (Å²) < 4.78 is 6.27. The second-order valence-electron chi connectivity index (χ2n) is 6.08. The summed E-state index contributed by atoms with van der Waals surface area (Å²) in [6, 6.07) is 7.73. The van der Waals surface area contributed by atoms with Gasteiger partial charge in [-0.25, -0.2) is 0 Å². The standard InChI is InChI=1S/C17H20BrN3O2/c1-12-8-10-21(11-9-12)16(22)7-6-15-19-17(20-23-15)13-2-4-14(18)5-3-13/h2-5,12H,6-11H2,1H3. The number of aryl methyl sites for hydroxylation is 1. The first kappa shape index (κ1) is 16.2. The van der Waals surface area contributed by atoms with E-state index in [9.17, 15) is 4.79 Å². The van der Waals surface area contributed by atoms with Crippen molar-refractivity contribution in [2.75, 3.05) is 13.1 Å². The molecule has 0 bridgehead atoms. The highest BCUT2D eigenvalue weighted by molar-refractivity contribution is 9.10. The maximum atomic E-state index is 12.2. The molecule has 0 unspecified atom stereocenters. The lowest BCUT2D eigenvalue weighted by atomic mass is 9.99. The van der Waals surface area contributed by atoms with E-state index in [2.05, 4.69) is 33.0 Å². The van der Waals surface area contributed by atoms with Gasteiger partial charge < -0.3 is 9.42 Å². The fourth-order valence-electron chi connectivity index (χ4n) is 2.70. The molecule has 1 aromatic carbocycles. The number of aromatic nitrogens is 2. The van der Waals surface area contributed by atoms with Crippen molar-refractivity contribution in [3.05, 3.63) is 34.6 Å². The summed E-state index contributed by atoms with van der Waals surface area (Å²) >= 11 is 3.40.